The van der Waals surface area contributed by atoms with Crippen molar-refractivity contribution < 1.29 is 9.25 Å². The zero-order valence-corrected chi connectivity index (χ0v) is 13.2. The van der Waals surface area contributed by atoms with Crippen molar-refractivity contribution in [3.63, 3.8) is 0 Å². The van der Waals surface area contributed by atoms with Gasteiger partial charge in [0.25, 0.3) is 5.56 Å². The van der Waals surface area contributed by atoms with Crippen LogP contribution in [0.4, 0.5) is 0 Å². The highest BCUT2D eigenvalue weighted by atomic mass is 16.6. The molecule has 24 heavy (non-hydrogen) atoms. The topological polar surface area (TPSA) is 97.5 Å². The van der Waals surface area contributed by atoms with Gasteiger partial charge in [-0.2, -0.15) is 4.98 Å². The summed E-state index contributed by atoms with van der Waals surface area (Å²) in [5, 5.41) is 4.19. The van der Waals surface area contributed by atoms with Crippen LogP contribution in [0.25, 0.3) is 11.1 Å². The van der Waals surface area contributed by atoms with E-state index in [0.29, 0.717) is 17.7 Å². The second-order valence-electron chi connectivity index (χ2n) is 5.13. The molecule has 0 bridgehead atoms. The summed E-state index contributed by atoms with van der Waals surface area (Å²) < 4.78 is 5.00. The third-order valence-electron chi connectivity index (χ3n) is 3.52. The molecule has 0 atom stereocenters. The fraction of sp³-hybridized carbons (Fsp3) is 0.176. The molecule has 122 valence electrons. The minimum Gasteiger partial charge on any atom is -0.403 e. The molecular formula is C17H15N3O4. The van der Waals surface area contributed by atoms with Gasteiger partial charge in [0.1, 0.15) is 5.39 Å². The Kier molecular flexibility index (Phi) is 4.24. The Morgan fingerprint density at radius 2 is 2.04 bits per heavy atom. The summed E-state index contributed by atoms with van der Waals surface area (Å²) in [6.45, 7) is 3.61. The number of aryl methyl sites for hydroxylation is 1. The number of nitrogens with one attached hydrogen (secondary N) is 1. The molecule has 3 aromatic rings. The standard InChI is InChI=1S/C17H15N3O4/c1-3-11-9-13(21)23-16-14(11)15(22)18-17(19-16)24-20-10(2)12-7-5-4-6-8-12/h4-9H,3H2,1-2H3,(H,18,19,22)/b20-10+. The number of hydrogen-bond donors (Lipinski definition) is 1. The first-order valence-electron chi connectivity index (χ1n) is 7.42. The number of aromatic amines is 1. The molecule has 1 N–H and O–H groups in total. The van der Waals surface area contributed by atoms with Gasteiger partial charge in [-0.1, -0.05) is 42.4 Å². The van der Waals surface area contributed by atoms with Gasteiger partial charge in [0.05, 0.1) is 5.71 Å². The Labute approximate surface area is 136 Å². The van der Waals surface area contributed by atoms with E-state index in [0.717, 1.165) is 5.56 Å². The van der Waals surface area contributed by atoms with Crippen LogP contribution in [0, 0.1) is 0 Å². The number of rotatable bonds is 4. The van der Waals surface area contributed by atoms with Gasteiger partial charge in [-0.25, -0.2) is 4.79 Å². The van der Waals surface area contributed by atoms with E-state index in [1.807, 2.05) is 37.3 Å². The summed E-state index contributed by atoms with van der Waals surface area (Å²) in [5.41, 5.74) is 0.995. The smallest absolute Gasteiger partial charge is 0.337 e. The van der Waals surface area contributed by atoms with Gasteiger partial charge in [-0.15, -0.1) is 0 Å². The van der Waals surface area contributed by atoms with Crippen LogP contribution in [-0.4, -0.2) is 15.7 Å². The van der Waals surface area contributed by atoms with Crippen LogP contribution in [0.15, 0.2) is 55.6 Å². The van der Waals surface area contributed by atoms with E-state index in [1.165, 1.54) is 6.07 Å². The van der Waals surface area contributed by atoms with Crippen molar-refractivity contribution in [2.75, 3.05) is 0 Å². The lowest BCUT2D eigenvalue weighted by atomic mass is 10.1. The maximum Gasteiger partial charge on any atom is 0.337 e. The molecule has 0 fully saturated rings. The molecule has 2 heterocycles. The van der Waals surface area contributed by atoms with Crippen molar-refractivity contribution in [3.05, 3.63) is 68.3 Å². The number of oxime groups is 1. The van der Waals surface area contributed by atoms with Crippen molar-refractivity contribution in [1.82, 2.24) is 9.97 Å². The van der Waals surface area contributed by atoms with Crippen LogP contribution in [0.5, 0.6) is 6.01 Å². The molecule has 0 saturated carbocycles. The quantitative estimate of drug-likeness (QED) is 0.586. The van der Waals surface area contributed by atoms with Gasteiger partial charge in [-0.3, -0.25) is 9.78 Å². The Bertz CT molecular complexity index is 1020. The van der Waals surface area contributed by atoms with E-state index >= 15 is 0 Å². The van der Waals surface area contributed by atoms with Crippen LogP contribution in [0.2, 0.25) is 0 Å². The fourth-order valence-electron chi connectivity index (χ4n) is 2.29. The second kappa shape index (κ2) is 6.49. The molecule has 1 aromatic carbocycles. The molecule has 0 aliphatic carbocycles. The van der Waals surface area contributed by atoms with Crippen LogP contribution in [-0.2, 0) is 6.42 Å². The maximum atomic E-state index is 12.2. The second-order valence-corrected chi connectivity index (χ2v) is 5.13. The van der Waals surface area contributed by atoms with Gasteiger partial charge in [0.15, 0.2) is 0 Å². The fourth-order valence-corrected chi connectivity index (χ4v) is 2.29. The monoisotopic (exact) mass is 325 g/mol. The van der Waals surface area contributed by atoms with Gasteiger partial charge in [-0.05, 0) is 24.5 Å². The first kappa shape index (κ1) is 15.7. The zero-order valence-electron chi connectivity index (χ0n) is 13.2. The number of nitrogens with zero attached hydrogens (tertiary/aromatic N) is 2. The summed E-state index contributed by atoms with van der Waals surface area (Å²) in [5.74, 6) is 0. The van der Waals surface area contributed by atoms with Gasteiger partial charge < -0.3 is 9.25 Å². The molecule has 7 heteroatoms. The molecule has 7 nitrogen and oxygen atoms in total. The number of aromatic nitrogens is 2. The van der Waals surface area contributed by atoms with Crippen LogP contribution in [0.3, 0.4) is 0 Å². The van der Waals surface area contributed by atoms with Crippen LogP contribution >= 0.6 is 0 Å². The van der Waals surface area contributed by atoms with E-state index in [-0.39, 0.29) is 17.1 Å². The van der Waals surface area contributed by atoms with Crippen LogP contribution in [0.1, 0.15) is 25.0 Å². The normalized spacial score (nSPS) is 11.7. The predicted octanol–water partition coefficient (Wildman–Crippen LogP) is 2.24. The Hall–Kier alpha value is -3.22. The molecule has 0 amide bonds. The average molecular weight is 325 g/mol. The molecule has 0 unspecified atom stereocenters. The molecule has 0 saturated heterocycles. The lowest BCUT2D eigenvalue weighted by molar-refractivity contribution is 0.311. The minimum atomic E-state index is -0.563. The predicted molar refractivity (Wildman–Crippen MR) is 89.6 cm³/mol. The maximum absolute atomic E-state index is 12.2. The lowest BCUT2D eigenvalue weighted by Crippen LogP contribution is -2.14. The highest BCUT2D eigenvalue weighted by Gasteiger charge is 2.12. The Morgan fingerprint density at radius 3 is 2.75 bits per heavy atom. The van der Waals surface area contributed by atoms with Crippen LogP contribution < -0.4 is 16.0 Å². The summed E-state index contributed by atoms with van der Waals surface area (Å²) in [6, 6.07) is 10.6. The van der Waals surface area contributed by atoms with E-state index in [1.54, 1.807) is 6.92 Å². The summed E-state index contributed by atoms with van der Waals surface area (Å²) >= 11 is 0. The van der Waals surface area contributed by atoms with Crippen molar-refractivity contribution in [3.8, 4) is 6.01 Å². The average Bonchev–Trinajstić information content (AvgIpc) is 2.59. The Morgan fingerprint density at radius 1 is 1.29 bits per heavy atom. The van der Waals surface area contributed by atoms with Gasteiger partial charge in [0.2, 0.25) is 5.71 Å². The van der Waals surface area contributed by atoms with E-state index in [9.17, 15) is 9.59 Å². The van der Waals surface area contributed by atoms with Crippen molar-refractivity contribution >= 4 is 16.8 Å². The Balaban J connectivity index is 2.00. The highest BCUT2D eigenvalue weighted by Crippen LogP contribution is 2.13. The lowest BCUT2D eigenvalue weighted by Gasteiger charge is -2.04. The van der Waals surface area contributed by atoms with Crippen molar-refractivity contribution in [1.29, 1.82) is 0 Å². The number of hydrogen-bond acceptors (Lipinski definition) is 6. The summed E-state index contributed by atoms with van der Waals surface area (Å²) in [7, 11) is 0. The molecule has 0 aliphatic heterocycles. The number of benzene rings is 1. The van der Waals surface area contributed by atoms with E-state index in [2.05, 4.69) is 15.1 Å². The first-order chi connectivity index (χ1) is 11.6. The number of fused-ring (bicyclic) bond motifs is 1. The molecular weight excluding hydrogens is 310 g/mol. The van der Waals surface area contributed by atoms with E-state index in [4.69, 9.17) is 9.25 Å². The molecule has 2 aromatic heterocycles. The summed E-state index contributed by atoms with van der Waals surface area (Å²) in [4.78, 5) is 35.5. The molecule has 3 rings (SSSR count). The molecule has 0 spiro atoms. The van der Waals surface area contributed by atoms with Gasteiger partial charge in [0, 0.05) is 6.07 Å². The van der Waals surface area contributed by atoms with E-state index < -0.39 is 11.2 Å². The molecule has 0 radical (unpaired) electrons. The zero-order chi connectivity index (χ0) is 17.1. The number of H-pyrrole nitrogens is 1. The highest BCUT2D eigenvalue weighted by molar-refractivity contribution is 5.98. The summed E-state index contributed by atoms with van der Waals surface area (Å²) in [6.07, 6.45) is 0.512. The third kappa shape index (κ3) is 3.10. The first-order valence-corrected chi connectivity index (χ1v) is 7.42. The van der Waals surface area contributed by atoms with Crippen molar-refractivity contribution in [2.24, 2.45) is 5.16 Å². The molecule has 0 aliphatic rings. The van der Waals surface area contributed by atoms with Crippen molar-refractivity contribution in [2.45, 2.75) is 20.3 Å². The van der Waals surface area contributed by atoms with Gasteiger partial charge >= 0.3 is 11.6 Å². The SMILES string of the molecule is CCc1cc(=O)oc2nc(O/N=C(\C)c3ccccc3)[nH]c(=O)c12. The largest absolute Gasteiger partial charge is 0.403 e. The minimum absolute atomic E-state index is 0.0642. The third-order valence-corrected chi connectivity index (χ3v) is 3.52.